The average molecular weight is 256 g/mol. The highest BCUT2D eigenvalue weighted by atomic mass is 35.5. The molecule has 1 aliphatic heterocycles. The molecule has 1 aliphatic carbocycles. The fourth-order valence-corrected chi connectivity index (χ4v) is 3.12. The third-order valence-corrected chi connectivity index (χ3v) is 4.64. The minimum atomic E-state index is -0.253. The molecule has 1 heterocycles. The number of nitrogens with two attached hydrogens (primary N) is 1. The second kappa shape index (κ2) is 3.67. The highest BCUT2D eigenvalue weighted by Gasteiger charge is 2.63. The van der Waals surface area contributed by atoms with Crippen molar-refractivity contribution < 1.29 is 9.13 Å². The largest absolute Gasteiger partial charge is 0.379 e. The molecule has 2 nitrogen and oxygen atoms in total. The molecule has 1 aromatic rings. The fraction of sp³-hybridized carbons (Fsp3) is 0.538. The number of hydrogen-bond acceptors (Lipinski definition) is 2. The highest BCUT2D eigenvalue weighted by Crippen LogP contribution is 2.62. The Morgan fingerprint density at radius 3 is 2.53 bits per heavy atom. The zero-order valence-corrected chi connectivity index (χ0v) is 10.3. The van der Waals surface area contributed by atoms with E-state index in [1.165, 1.54) is 6.07 Å². The summed E-state index contributed by atoms with van der Waals surface area (Å²) >= 11 is 5.98. The lowest BCUT2D eigenvalue weighted by Gasteiger charge is -2.48. The molecule has 0 unspecified atom stereocenters. The molecule has 0 aromatic heterocycles. The van der Waals surface area contributed by atoms with Crippen LogP contribution in [0.25, 0.3) is 0 Å². The van der Waals surface area contributed by atoms with E-state index in [-0.39, 0.29) is 16.6 Å². The molecule has 17 heavy (non-hydrogen) atoms. The van der Waals surface area contributed by atoms with Gasteiger partial charge in [-0.15, -0.1) is 0 Å². The van der Waals surface area contributed by atoms with Crippen LogP contribution in [0.3, 0.4) is 0 Å². The first-order valence-electron chi connectivity index (χ1n) is 5.87. The minimum absolute atomic E-state index is 0.0246. The number of benzene rings is 1. The van der Waals surface area contributed by atoms with Crippen molar-refractivity contribution >= 4 is 11.6 Å². The van der Waals surface area contributed by atoms with Crippen LogP contribution in [0.15, 0.2) is 18.2 Å². The predicted molar refractivity (Wildman–Crippen MR) is 64.6 cm³/mol. The maximum Gasteiger partial charge on any atom is 0.127 e. The summed E-state index contributed by atoms with van der Waals surface area (Å²) in [5.41, 5.74) is 6.33. The summed E-state index contributed by atoms with van der Waals surface area (Å²) in [5, 5.41) is 0.570. The van der Waals surface area contributed by atoms with Crippen LogP contribution in [-0.2, 0) is 10.2 Å². The first-order chi connectivity index (χ1) is 8.13. The summed E-state index contributed by atoms with van der Waals surface area (Å²) in [5.74, 6) is -0.197. The van der Waals surface area contributed by atoms with E-state index in [0.29, 0.717) is 30.3 Å². The van der Waals surface area contributed by atoms with Crippen molar-refractivity contribution in [2.24, 2.45) is 11.1 Å². The van der Waals surface area contributed by atoms with Gasteiger partial charge in [-0.1, -0.05) is 11.6 Å². The second-order valence-corrected chi connectivity index (χ2v) is 5.62. The van der Waals surface area contributed by atoms with Crippen molar-refractivity contribution in [1.82, 2.24) is 0 Å². The van der Waals surface area contributed by atoms with Gasteiger partial charge in [0.25, 0.3) is 0 Å². The van der Waals surface area contributed by atoms with Crippen molar-refractivity contribution in [3.8, 4) is 0 Å². The van der Waals surface area contributed by atoms with E-state index < -0.39 is 0 Å². The first-order valence-corrected chi connectivity index (χ1v) is 6.25. The fourth-order valence-electron chi connectivity index (χ4n) is 2.95. The smallest absolute Gasteiger partial charge is 0.127 e. The molecule has 2 N–H and O–H groups in total. The summed E-state index contributed by atoms with van der Waals surface area (Å²) in [6, 6.07) is 4.75. The standard InChI is InChI=1S/C13H15ClFNO/c14-9-1-2-11(15)10(5-9)13(7-17-8-13)12(6-16)3-4-12/h1-2,5H,3-4,6-8,16H2. The van der Waals surface area contributed by atoms with Gasteiger partial charge in [-0.3, -0.25) is 0 Å². The molecule has 0 amide bonds. The zero-order chi connectivity index (χ0) is 12.1. The minimum Gasteiger partial charge on any atom is -0.379 e. The van der Waals surface area contributed by atoms with Crippen molar-refractivity contribution in [2.75, 3.05) is 19.8 Å². The molecule has 4 heteroatoms. The first kappa shape index (κ1) is 11.5. The molecule has 0 radical (unpaired) electrons. The van der Waals surface area contributed by atoms with Crippen LogP contribution >= 0.6 is 11.6 Å². The molecule has 1 aromatic carbocycles. The topological polar surface area (TPSA) is 35.2 Å². The van der Waals surface area contributed by atoms with Gasteiger partial charge < -0.3 is 10.5 Å². The maximum atomic E-state index is 14.0. The quantitative estimate of drug-likeness (QED) is 0.901. The monoisotopic (exact) mass is 255 g/mol. The molecule has 1 saturated carbocycles. The Morgan fingerprint density at radius 2 is 2.06 bits per heavy atom. The third-order valence-electron chi connectivity index (χ3n) is 4.40. The maximum absolute atomic E-state index is 14.0. The number of hydrogen-bond donors (Lipinski definition) is 1. The van der Waals surface area contributed by atoms with Crippen LogP contribution in [0.4, 0.5) is 4.39 Å². The third kappa shape index (κ3) is 1.46. The molecular weight excluding hydrogens is 241 g/mol. The van der Waals surface area contributed by atoms with Gasteiger partial charge in [0.1, 0.15) is 5.82 Å². The van der Waals surface area contributed by atoms with E-state index >= 15 is 0 Å². The van der Waals surface area contributed by atoms with Gasteiger partial charge in [0.15, 0.2) is 0 Å². The zero-order valence-electron chi connectivity index (χ0n) is 9.51. The van der Waals surface area contributed by atoms with Gasteiger partial charge in [0.05, 0.1) is 18.6 Å². The molecule has 0 spiro atoms. The van der Waals surface area contributed by atoms with Crippen LogP contribution in [0.2, 0.25) is 5.02 Å². The predicted octanol–water partition coefficient (Wildman–Crippen LogP) is 2.49. The van der Waals surface area contributed by atoms with Gasteiger partial charge in [-0.2, -0.15) is 0 Å². The Morgan fingerprint density at radius 1 is 1.35 bits per heavy atom. The molecule has 2 aliphatic rings. The second-order valence-electron chi connectivity index (χ2n) is 5.18. The molecular formula is C13H15ClFNO. The molecule has 0 atom stereocenters. The number of rotatable bonds is 3. The normalized spacial score (nSPS) is 24.2. The van der Waals surface area contributed by atoms with E-state index in [9.17, 15) is 4.39 Å². The average Bonchev–Trinajstić information content (AvgIpc) is 3.03. The van der Waals surface area contributed by atoms with Crippen molar-refractivity contribution in [3.05, 3.63) is 34.6 Å². The van der Waals surface area contributed by atoms with E-state index in [4.69, 9.17) is 22.1 Å². The van der Waals surface area contributed by atoms with Gasteiger partial charge in [-0.05, 0) is 43.0 Å². The molecule has 92 valence electrons. The van der Waals surface area contributed by atoms with E-state index in [2.05, 4.69) is 0 Å². The van der Waals surface area contributed by atoms with Gasteiger partial charge in [0, 0.05) is 10.6 Å². The van der Waals surface area contributed by atoms with Gasteiger partial charge >= 0.3 is 0 Å². The molecule has 1 saturated heterocycles. The SMILES string of the molecule is NCC1(C2(c3cc(Cl)ccc3F)COC2)CC1. The Bertz CT molecular complexity index is 455. The van der Waals surface area contributed by atoms with Crippen molar-refractivity contribution in [3.63, 3.8) is 0 Å². The van der Waals surface area contributed by atoms with Crippen LogP contribution in [0, 0.1) is 11.2 Å². The lowest BCUT2D eigenvalue weighted by atomic mass is 9.66. The molecule has 3 rings (SSSR count). The van der Waals surface area contributed by atoms with Crippen molar-refractivity contribution in [1.29, 1.82) is 0 Å². The summed E-state index contributed by atoms with van der Waals surface area (Å²) < 4.78 is 19.4. The van der Waals surface area contributed by atoms with Gasteiger partial charge in [0.2, 0.25) is 0 Å². The number of halogens is 2. The van der Waals surface area contributed by atoms with Crippen LogP contribution in [0.1, 0.15) is 18.4 Å². The Hall–Kier alpha value is -0.640. The molecule has 2 fully saturated rings. The molecule has 0 bridgehead atoms. The Kier molecular flexibility index (Phi) is 2.47. The van der Waals surface area contributed by atoms with E-state index in [1.54, 1.807) is 12.1 Å². The van der Waals surface area contributed by atoms with Crippen LogP contribution in [-0.4, -0.2) is 19.8 Å². The summed E-state index contributed by atoms with van der Waals surface area (Å²) in [4.78, 5) is 0. The summed E-state index contributed by atoms with van der Waals surface area (Å²) in [6.07, 6.45) is 2.11. The van der Waals surface area contributed by atoms with Gasteiger partial charge in [-0.25, -0.2) is 4.39 Å². The van der Waals surface area contributed by atoms with Crippen LogP contribution < -0.4 is 5.73 Å². The highest BCUT2D eigenvalue weighted by molar-refractivity contribution is 6.30. The summed E-state index contributed by atoms with van der Waals surface area (Å²) in [6.45, 7) is 1.70. The lowest BCUT2D eigenvalue weighted by Crippen LogP contribution is -2.56. The number of ether oxygens (including phenoxy) is 1. The van der Waals surface area contributed by atoms with E-state index in [1.807, 2.05) is 0 Å². The van der Waals surface area contributed by atoms with Crippen LogP contribution in [0.5, 0.6) is 0 Å². The Balaban J connectivity index is 2.09. The van der Waals surface area contributed by atoms with E-state index in [0.717, 1.165) is 12.8 Å². The lowest BCUT2D eigenvalue weighted by molar-refractivity contribution is -0.0988. The summed E-state index contributed by atoms with van der Waals surface area (Å²) in [7, 11) is 0. The van der Waals surface area contributed by atoms with Crippen molar-refractivity contribution in [2.45, 2.75) is 18.3 Å². The Labute approximate surface area is 105 Å².